The van der Waals surface area contributed by atoms with Gasteiger partial charge in [-0.2, -0.15) is 0 Å². The summed E-state index contributed by atoms with van der Waals surface area (Å²) < 4.78 is 0. The Balaban J connectivity index is 2.48. The first-order valence-corrected chi connectivity index (χ1v) is 6.52. The summed E-state index contributed by atoms with van der Waals surface area (Å²) in [6.45, 7) is 1.67. The summed E-state index contributed by atoms with van der Waals surface area (Å²) in [6.07, 6.45) is 2.06. The van der Waals surface area contributed by atoms with Gasteiger partial charge in [0.2, 0.25) is 0 Å². The Bertz CT molecular complexity index is 683. The number of aliphatic hydroxyl groups excluding tert-OH is 1. The summed E-state index contributed by atoms with van der Waals surface area (Å²) in [5.41, 5.74) is 0.434. The highest BCUT2D eigenvalue weighted by atomic mass is 16.6. The number of fused-ring (bicyclic) bond motifs is 1. The molecule has 0 spiro atoms. The molecule has 2 N–H and O–H groups in total. The summed E-state index contributed by atoms with van der Waals surface area (Å²) in [4.78, 5) is 26.8. The average Bonchev–Trinajstić information content (AvgIpc) is 2.51. The van der Waals surface area contributed by atoms with Crippen molar-refractivity contribution in [1.29, 1.82) is 0 Å². The lowest BCUT2D eigenvalue weighted by Crippen LogP contribution is -2.37. The third-order valence-corrected chi connectivity index (χ3v) is 3.24. The highest BCUT2D eigenvalue weighted by Gasteiger charge is 2.20. The summed E-state index contributed by atoms with van der Waals surface area (Å²) in [5.74, 6) is -0.408. The van der Waals surface area contributed by atoms with Gasteiger partial charge >= 0.3 is 0 Å². The van der Waals surface area contributed by atoms with Crippen molar-refractivity contribution in [2.75, 3.05) is 6.61 Å². The number of carbonyl (C=O) groups is 1. The zero-order valence-electron chi connectivity index (χ0n) is 11.4. The van der Waals surface area contributed by atoms with Gasteiger partial charge in [0, 0.05) is 12.3 Å². The molecule has 0 aliphatic rings. The van der Waals surface area contributed by atoms with E-state index in [4.69, 9.17) is 5.11 Å². The number of hydrogen-bond acceptors (Lipinski definition) is 5. The van der Waals surface area contributed by atoms with Crippen LogP contribution in [-0.4, -0.2) is 33.6 Å². The Labute approximate surface area is 120 Å². The molecule has 2 aromatic rings. The molecule has 21 heavy (non-hydrogen) atoms. The SMILES string of the molecule is CC[C@@H](CO)NC(=O)c1ccc([N+](=O)[O-])c2cccnc12. The van der Waals surface area contributed by atoms with E-state index in [1.165, 1.54) is 18.3 Å². The molecule has 0 unspecified atom stereocenters. The Morgan fingerprint density at radius 2 is 2.24 bits per heavy atom. The maximum atomic E-state index is 12.2. The molecule has 1 aromatic carbocycles. The third kappa shape index (κ3) is 2.97. The summed E-state index contributed by atoms with van der Waals surface area (Å²) >= 11 is 0. The minimum absolute atomic E-state index is 0.0937. The summed E-state index contributed by atoms with van der Waals surface area (Å²) in [6, 6.07) is 5.46. The Morgan fingerprint density at radius 1 is 1.48 bits per heavy atom. The normalized spacial score (nSPS) is 12.1. The van der Waals surface area contributed by atoms with Gasteiger partial charge in [-0.3, -0.25) is 19.9 Å². The number of nitrogens with one attached hydrogen (secondary N) is 1. The lowest BCUT2D eigenvalue weighted by molar-refractivity contribution is -0.383. The maximum absolute atomic E-state index is 12.2. The zero-order valence-corrected chi connectivity index (χ0v) is 11.4. The predicted molar refractivity (Wildman–Crippen MR) is 77.0 cm³/mol. The highest BCUT2D eigenvalue weighted by Crippen LogP contribution is 2.26. The molecule has 1 atom stereocenters. The van der Waals surface area contributed by atoms with Crippen LogP contribution in [0.25, 0.3) is 10.9 Å². The smallest absolute Gasteiger partial charge is 0.278 e. The number of nitro groups is 1. The van der Waals surface area contributed by atoms with Crippen molar-refractivity contribution in [2.45, 2.75) is 19.4 Å². The van der Waals surface area contributed by atoms with Gasteiger partial charge in [-0.25, -0.2) is 0 Å². The molecule has 2 rings (SSSR count). The van der Waals surface area contributed by atoms with Crippen molar-refractivity contribution < 1.29 is 14.8 Å². The second kappa shape index (κ2) is 6.27. The largest absolute Gasteiger partial charge is 0.394 e. The van der Waals surface area contributed by atoms with Crippen molar-refractivity contribution in [3.63, 3.8) is 0 Å². The minimum atomic E-state index is -0.506. The van der Waals surface area contributed by atoms with Gasteiger partial charge in [0.15, 0.2) is 0 Å². The molecule has 0 aliphatic heterocycles. The first-order valence-electron chi connectivity index (χ1n) is 6.52. The molecule has 1 amide bonds. The van der Waals surface area contributed by atoms with Gasteiger partial charge in [-0.05, 0) is 24.6 Å². The number of carbonyl (C=O) groups excluding carboxylic acids is 1. The molecule has 0 bridgehead atoms. The third-order valence-electron chi connectivity index (χ3n) is 3.24. The van der Waals surface area contributed by atoms with E-state index < -0.39 is 10.8 Å². The maximum Gasteiger partial charge on any atom is 0.278 e. The number of nitrogens with zero attached hydrogens (tertiary/aromatic N) is 2. The van der Waals surface area contributed by atoms with E-state index in [1.807, 2.05) is 6.92 Å². The van der Waals surface area contributed by atoms with Crippen LogP contribution >= 0.6 is 0 Å². The van der Waals surface area contributed by atoms with Crippen LogP contribution in [0.15, 0.2) is 30.5 Å². The first kappa shape index (κ1) is 14.9. The zero-order chi connectivity index (χ0) is 15.4. The Morgan fingerprint density at radius 3 is 2.86 bits per heavy atom. The summed E-state index contributed by atoms with van der Waals surface area (Å²) in [5, 5.41) is 23.1. The first-order chi connectivity index (χ1) is 10.1. The Kier molecular flexibility index (Phi) is 4.44. The standard InChI is InChI=1S/C14H15N3O4/c1-2-9(8-18)16-14(19)11-5-6-12(17(20)21)10-4-3-7-15-13(10)11/h3-7,9,18H,2,8H2,1H3,(H,16,19)/t9-/m0/s1. The molecule has 0 aliphatic carbocycles. The van der Waals surface area contributed by atoms with E-state index in [0.717, 1.165) is 0 Å². The molecule has 0 saturated carbocycles. The topological polar surface area (TPSA) is 105 Å². The van der Waals surface area contributed by atoms with Crippen LogP contribution in [0.4, 0.5) is 5.69 Å². The number of amides is 1. The quantitative estimate of drug-likeness (QED) is 0.643. The number of aliphatic hydroxyl groups is 1. The van der Waals surface area contributed by atoms with Gasteiger partial charge < -0.3 is 10.4 Å². The van der Waals surface area contributed by atoms with Crippen molar-refractivity contribution in [3.05, 3.63) is 46.1 Å². The molecule has 7 nitrogen and oxygen atoms in total. The highest BCUT2D eigenvalue weighted by molar-refractivity contribution is 6.07. The fourth-order valence-corrected chi connectivity index (χ4v) is 2.04. The fraction of sp³-hybridized carbons (Fsp3) is 0.286. The second-order valence-corrected chi connectivity index (χ2v) is 4.55. The minimum Gasteiger partial charge on any atom is -0.394 e. The number of rotatable bonds is 5. The molecule has 1 heterocycles. The van der Waals surface area contributed by atoms with Crippen LogP contribution in [0.3, 0.4) is 0 Å². The van der Waals surface area contributed by atoms with Gasteiger partial charge in [-0.1, -0.05) is 6.92 Å². The van der Waals surface area contributed by atoms with E-state index in [0.29, 0.717) is 11.8 Å². The average molecular weight is 289 g/mol. The molecule has 110 valence electrons. The van der Waals surface area contributed by atoms with Crippen LogP contribution in [0.5, 0.6) is 0 Å². The monoisotopic (exact) mass is 289 g/mol. The molecular weight excluding hydrogens is 274 g/mol. The van der Waals surface area contributed by atoms with Crippen molar-refractivity contribution >= 4 is 22.5 Å². The molecule has 0 saturated heterocycles. The number of non-ortho nitro benzene ring substituents is 1. The van der Waals surface area contributed by atoms with Crippen LogP contribution in [-0.2, 0) is 0 Å². The van der Waals surface area contributed by atoms with Crippen molar-refractivity contribution in [2.24, 2.45) is 0 Å². The van der Waals surface area contributed by atoms with E-state index >= 15 is 0 Å². The number of hydrogen-bond donors (Lipinski definition) is 2. The number of nitro benzene ring substituents is 1. The van der Waals surface area contributed by atoms with Crippen LogP contribution < -0.4 is 5.32 Å². The van der Waals surface area contributed by atoms with E-state index in [9.17, 15) is 14.9 Å². The second-order valence-electron chi connectivity index (χ2n) is 4.55. The molecule has 7 heteroatoms. The van der Waals surface area contributed by atoms with Gasteiger partial charge in [0.05, 0.1) is 34.0 Å². The van der Waals surface area contributed by atoms with E-state index in [2.05, 4.69) is 10.3 Å². The fourth-order valence-electron chi connectivity index (χ4n) is 2.04. The summed E-state index contributed by atoms with van der Waals surface area (Å²) in [7, 11) is 0. The van der Waals surface area contributed by atoms with E-state index in [-0.39, 0.29) is 29.4 Å². The molecular formula is C14H15N3O4. The van der Waals surface area contributed by atoms with Crippen LogP contribution in [0, 0.1) is 10.1 Å². The molecule has 0 radical (unpaired) electrons. The number of pyridine rings is 1. The molecule has 0 fully saturated rings. The lowest BCUT2D eigenvalue weighted by Gasteiger charge is -2.14. The van der Waals surface area contributed by atoms with Gasteiger partial charge in [0.1, 0.15) is 0 Å². The van der Waals surface area contributed by atoms with Crippen molar-refractivity contribution in [1.82, 2.24) is 10.3 Å². The van der Waals surface area contributed by atoms with E-state index in [1.54, 1.807) is 12.1 Å². The van der Waals surface area contributed by atoms with Crippen LogP contribution in [0.2, 0.25) is 0 Å². The Hall–Kier alpha value is -2.54. The predicted octanol–water partition coefficient (Wildman–Crippen LogP) is 1.64. The van der Waals surface area contributed by atoms with Crippen LogP contribution in [0.1, 0.15) is 23.7 Å². The van der Waals surface area contributed by atoms with Gasteiger partial charge in [0.25, 0.3) is 11.6 Å². The number of benzene rings is 1. The number of aromatic nitrogens is 1. The van der Waals surface area contributed by atoms with Gasteiger partial charge in [-0.15, -0.1) is 0 Å². The lowest BCUT2D eigenvalue weighted by atomic mass is 10.1. The van der Waals surface area contributed by atoms with Crippen molar-refractivity contribution in [3.8, 4) is 0 Å². The molecule has 1 aromatic heterocycles.